The molecule has 0 radical (unpaired) electrons. The molecule has 2 bridgehead atoms. The largest absolute Gasteiger partial charge is 0.380 e. The third kappa shape index (κ3) is 2.52. The Kier molecular flexibility index (Phi) is 3.65. The molecule has 2 aliphatic heterocycles. The summed E-state index contributed by atoms with van der Waals surface area (Å²) in [6.07, 6.45) is 5.19. The van der Waals surface area contributed by atoms with E-state index >= 15 is 0 Å². The van der Waals surface area contributed by atoms with Crippen molar-refractivity contribution in [2.24, 2.45) is 5.92 Å². The average Bonchev–Trinajstić information content (AvgIpc) is 2.86. The monoisotopic (exact) mass is 213 g/mol. The Bertz CT molecular complexity index is 210. The summed E-state index contributed by atoms with van der Waals surface area (Å²) in [6.45, 7) is 5.37. The summed E-state index contributed by atoms with van der Waals surface area (Å²) < 4.78 is 11.1. The summed E-state index contributed by atoms with van der Waals surface area (Å²) >= 11 is 0. The summed E-state index contributed by atoms with van der Waals surface area (Å²) in [6, 6.07) is 0.425. The van der Waals surface area contributed by atoms with E-state index in [2.05, 4.69) is 19.2 Å². The van der Waals surface area contributed by atoms with E-state index in [1.54, 1.807) is 7.11 Å². The quantitative estimate of drug-likeness (QED) is 0.752. The second-order valence-electron chi connectivity index (χ2n) is 5.01. The maximum atomic E-state index is 5.83. The molecular weight excluding hydrogens is 190 g/mol. The number of rotatable bonds is 5. The highest BCUT2D eigenvalue weighted by Gasteiger charge is 2.40. The van der Waals surface area contributed by atoms with Gasteiger partial charge in [-0.1, -0.05) is 0 Å². The van der Waals surface area contributed by atoms with Gasteiger partial charge in [0.1, 0.15) is 0 Å². The highest BCUT2D eigenvalue weighted by molar-refractivity contribution is 4.90. The van der Waals surface area contributed by atoms with Gasteiger partial charge in [0.05, 0.1) is 18.3 Å². The van der Waals surface area contributed by atoms with Crippen LogP contribution >= 0.6 is 0 Å². The Morgan fingerprint density at radius 2 is 2.20 bits per heavy atom. The summed E-state index contributed by atoms with van der Waals surface area (Å²) in [5.41, 5.74) is 0. The molecule has 5 atom stereocenters. The highest BCUT2D eigenvalue weighted by atomic mass is 16.5. The number of fused-ring (bicyclic) bond motifs is 2. The molecule has 3 nitrogen and oxygen atoms in total. The van der Waals surface area contributed by atoms with Crippen LogP contribution in [0.1, 0.15) is 33.1 Å². The van der Waals surface area contributed by atoms with Crippen molar-refractivity contribution in [2.45, 2.75) is 57.5 Å². The lowest BCUT2D eigenvalue weighted by Gasteiger charge is -2.24. The Morgan fingerprint density at radius 1 is 1.40 bits per heavy atom. The minimum Gasteiger partial charge on any atom is -0.380 e. The van der Waals surface area contributed by atoms with E-state index in [0.717, 1.165) is 12.5 Å². The first-order chi connectivity index (χ1) is 7.20. The van der Waals surface area contributed by atoms with Crippen molar-refractivity contribution in [1.29, 1.82) is 0 Å². The Balaban J connectivity index is 1.70. The van der Waals surface area contributed by atoms with Gasteiger partial charge in [0.15, 0.2) is 0 Å². The van der Waals surface area contributed by atoms with E-state index in [9.17, 15) is 0 Å². The maximum Gasteiger partial charge on any atom is 0.0693 e. The molecular formula is C12H23NO2. The minimum atomic E-state index is 0.282. The number of ether oxygens (including phenoxy) is 2. The van der Waals surface area contributed by atoms with Crippen LogP contribution in [0, 0.1) is 5.92 Å². The Morgan fingerprint density at radius 3 is 2.73 bits per heavy atom. The molecule has 0 aliphatic carbocycles. The molecule has 2 heterocycles. The van der Waals surface area contributed by atoms with E-state index in [1.807, 2.05) is 0 Å². The first-order valence-electron chi connectivity index (χ1n) is 6.12. The molecule has 5 unspecified atom stereocenters. The SMILES string of the molecule is COC(C)C(C)NCC1CC2CCC1O2. The molecule has 0 aromatic carbocycles. The van der Waals surface area contributed by atoms with Gasteiger partial charge >= 0.3 is 0 Å². The zero-order chi connectivity index (χ0) is 10.8. The zero-order valence-corrected chi connectivity index (χ0v) is 10.0. The Labute approximate surface area is 92.5 Å². The average molecular weight is 213 g/mol. The van der Waals surface area contributed by atoms with Gasteiger partial charge in [-0.25, -0.2) is 0 Å². The van der Waals surface area contributed by atoms with Gasteiger partial charge in [0.25, 0.3) is 0 Å². The van der Waals surface area contributed by atoms with Crippen molar-refractivity contribution in [3.8, 4) is 0 Å². The van der Waals surface area contributed by atoms with Crippen molar-refractivity contribution in [3.63, 3.8) is 0 Å². The van der Waals surface area contributed by atoms with Crippen LogP contribution in [-0.2, 0) is 9.47 Å². The zero-order valence-electron chi connectivity index (χ0n) is 10.0. The molecule has 0 amide bonds. The molecule has 2 fully saturated rings. The molecule has 1 N–H and O–H groups in total. The topological polar surface area (TPSA) is 30.5 Å². The van der Waals surface area contributed by atoms with Crippen molar-refractivity contribution in [3.05, 3.63) is 0 Å². The van der Waals surface area contributed by atoms with Crippen molar-refractivity contribution in [1.82, 2.24) is 5.32 Å². The third-order valence-corrected chi connectivity index (χ3v) is 4.01. The van der Waals surface area contributed by atoms with Gasteiger partial charge in [-0.15, -0.1) is 0 Å². The molecule has 15 heavy (non-hydrogen) atoms. The number of nitrogens with one attached hydrogen (secondary N) is 1. The van der Waals surface area contributed by atoms with Crippen molar-refractivity contribution >= 4 is 0 Å². The molecule has 0 aromatic rings. The van der Waals surface area contributed by atoms with Crippen LogP contribution in [0.25, 0.3) is 0 Å². The summed E-state index contributed by atoms with van der Waals surface area (Å²) in [4.78, 5) is 0. The molecule has 3 heteroatoms. The standard InChI is InChI=1S/C12H23NO2/c1-8(9(2)14-3)13-7-10-6-11-4-5-12(10)15-11/h8-13H,4-7H2,1-3H3. The van der Waals surface area contributed by atoms with Crippen LogP contribution in [0.15, 0.2) is 0 Å². The molecule has 0 spiro atoms. The molecule has 2 aliphatic rings. The summed E-state index contributed by atoms with van der Waals surface area (Å²) in [5, 5.41) is 3.56. The molecule has 2 rings (SSSR count). The van der Waals surface area contributed by atoms with Crippen LogP contribution in [0.3, 0.4) is 0 Å². The van der Waals surface area contributed by atoms with Crippen molar-refractivity contribution in [2.75, 3.05) is 13.7 Å². The maximum absolute atomic E-state index is 5.83. The molecule has 2 saturated heterocycles. The van der Waals surface area contributed by atoms with Crippen LogP contribution in [-0.4, -0.2) is 38.0 Å². The predicted molar refractivity (Wildman–Crippen MR) is 59.9 cm³/mol. The van der Waals surface area contributed by atoms with E-state index in [1.165, 1.54) is 19.3 Å². The fourth-order valence-corrected chi connectivity index (χ4v) is 2.67. The van der Waals surface area contributed by atoms with Crippen LogP contribution in [0.2, 0.25) is 0 Å². The molecule has 88 valence electrons. The molecule has 0 aromatic heterocycles. The predicted octanol–water partition coefficient (Wildman–Crippen LogP) is 1.57. The first-order valence-corrected chi connectivity index (χ1v) is 6.12. The van der Waals surface area contributed by atoms with E-state index < -0.39 is 0 Å². The fraction of sp³-hybridized carbons (Fsp3) is 1.00. The second-order valence-corrected chi connectivity index (χ2v) is 5.01. The van der Waals surface area contributed by atoms with Gasteiger partial charge in [-0.2, -0.15) is 0 Å². The fourth-order valence-electron chi connectivity index (χ4n) is 2.67. The molecule has 0 saturated carbocycles. The number of hydrogen-bond donors (Lipinski definition) is 1. The third-order valence-electron chi connectivity index (χ3n) is 4.01. The smallest absolute Gasteiger partial charge is 0.0693 e. The van der Waals surface area contributed by atoms with Gasteiger partial charge < -0.3 is 14.8 Å². The minimum absolute atomic E-state index is 0.282. The van der Waals surface area contributed by atoms with Crippen LogP contribution < -0.4 is 5.32 Å². The van der Waals surface area contributed by atoms with Gasteiger partial charge in [-0.3, -0.25) is 0 Å². The van der Waals surface area contributed by atoms with Crippen LogP contribution in [0.4, 0.5) is 0 Å². The van der Waals surface area contributed by atoms with E-state index in [0.29, 0.717) is 18.2 Å². The van der Waals surface area contributed by atoms with E-state index in [4.69, 9.17) is 9.47 Å². The lowest BCUT2D eigenvalue weighted by atomic mass is 9.89. The van der Waals surface area contributed by atoms with Crippen molar-refractivity contribution < 1.29 is 9.47 Å². The lowest BCUT2D eigenvalue weighted by Crippen LogP contribution is -2.41. The normalized spacial score (nSPS) is 38.2. The highest BCUT2D eigenvalue weighted by Crippen LogP contribution is 2.38. The van der Waals surface area contributed by atoms with Gasteiger partial charge in [0, 0.05) is 25.6 Å². The van der Waals surface area contributed by atoms with Crippen LogP contribution in [0.5, 0.6) is 0 Å². The van der Waals surface area contributed by atoms with Gasteiger partial charge in [-0.05, 0) is 33.1 Å². The van der Waals surface area contributed by atoms with Gasteiger partial charge in [0.2, 0.25) is 0 Å². The second kappa shape index (κ2) is 4.81. The summed E-state index contributed by atoms with van der Waals surface area (Å²) in [5.74, 6) is 0.732. The first kappa shape index (κ1) is 11.4. The van der Waals surface area contributed by atoms with E-state index in [-0.39, 0.29) is 6.10 Å². The lowest BCUT2D eigenvalue weighted by molar-refractivity contribution is 0.0783. The number of methoxy groups -OCH3 is 1. The number of hydrogen-bond acceptors (Lipinski definition) is 3. The summed E-state index contributed by atoms with van der Waals surface area (Å²) in [7, 11) is 1.77. The Hall–Kier alpha value is -0.120.